The molecule has 0 fully saturated rings. The number of carbonyl (C=O) groups is 4. The fourth-order valence-corrected chi connectivity index (χ4v) is 3.55. The van der Waals surface area contributed by atoms with E-state index in [-0.39, 0.29) is 51.2 Å². The van der Waals surface area contributed by atoms with Crippen LogP contribution in [-0.2, 0) is 30.3 Å². The van der Waals surface area contributed by atoms with Crippen LogP contribution in [0.5, 0.6) is 5.75 Å². The number of methoxy groups -OCH3 is 2. The van der Waals surface area contributed by atoms with Gasteiger partial charge in [0.15, 0.2) is 5.15 Å². The fourth-order valence-electron chi connectivity index (χ4n) is 3.38. The molecular weight excluding hydrogens is 464 g/mol. The number of allylic oxidation sites excluding steroid dienone is 2. The highest BCUT2D eigenvalue weighted by atomic mass is 35.5. The number of rotatable bonds is 7. The van der Waals surface area contributed by atoms with Crippen LogP contribution >= 0.6 is 11.6 Å². The first kappa shape index (κ1) is 24.7. The van der Waals surface area contributed by atoms with E-state index in [4.69, 9.17) is 25.8 Å². The van der Waals surface area contributed by atoms with Crippen LogP contribution in [0.15, 0.2) is 59.2 Å². The van der Waals surface area contributed by atoms with Crippen LogP contribution < -0.4 is 10.1 Å². The molecule has 0 radical (unpaired) electrons. The summed E-state index contributed by atoms with van der Waals surface area (Å²) in [5.74, 6) is -2.52. The molecule has 2 aromatic rings. The van der Waals surface area contributed by atoms with Crippen molar-refractivity contribution in [3.8, 4) is 5.75 Å². The Balaban J connectivity index is 1.95. The molecule has 1 amide bonds. The molecule has 0 spiro atoms. The summed E-state index contributed by atoms with van der Waals surface area (Å²) in [7, 11) is 2.56. The van der Waals surface area contributed by atoms with E-state index in [2.05, 4.69) is 10.3 Å². The molecule has 0 saturated heterocycles. The molecular formula is C24H21ClN2O7. The number of nitrogens with zero attached hydrogens (tertiary/aromatic N) is 1. The fraction of sp³-hybridized carbons (Fsp3) is 0.208. The quantitative estimate of drug-likeness (QED) is 0.274. The van der Waals surface area contributed by atoms with Gasteiger partial charge >= 0.3 is 5.97 Å². The van der Waals surface area contributed by atoms with E-state index in [0.29, 0.717) is 5.56 Å². The molecule has 1 aromatic carbocycles. The van der Waals surface area contributed by atoms with Crippen LogP contribution in [0.25, 0.3) is 0 Å². The Kier molecular flexibility index (Phi) is 7.47. The van der Waals surface area contributed by atoms with Crippen molar-refractivity contribution in [2.75, 3.05) is 19.5 Å². The Morgan fingerprint density at radius 2 is 1.74 bits per heavy atom. The minimum atomic E-state index is -0.640. The lowest BCUT2D eigenvalue weighted by Crippen LogP contribution is -2.26. The maximum atomic E-state index is 12.9. The van der Waals surface area contributed by atoms with Gasteiger partial charge in [-0.1, -0.05) is 17.7 Å². The molecule has 176 valence electrons. The Morgan fingerprint density at radius 3 is 2.35 bits per heavy atom. The van der Waals surface area contributed by atoms with Gasteiger partial charge in [0, 0.05) is 30.7 Å². The predicted molar refractivity (Wildman–Crippen MR) is 122 cm³/mol. The molecule has 1 aliphatic rings. The molecule has 3 rings (SSSR count). The smallest absolute Gasteiger partial charge is 0.308 e. The number of aromatic nitrogens is 1. The van der Waals surface area contributed by atoms with Crippen molar-refractivity contribution in [3.05, 3.63) is 75.5 Å². The van der Waals surface area contributed by atoms with Gasteiger partial charge in [-0.2, -0.15) is 0 Å². The van der Waals surface area contributed by atoms with Crippen molar-refractivity contribution in [1.82, 2.24) is 4.98 Å². The molecule has 10 heteroatoms. The van der Waals surface area contributed by atoms with Crippen molar-refractivity contribution in [2.24, 2.45) is 0 Å². The number of ether oxygens (including phenoxy) is 3. The summed E-state index contributed by atoms with van der Waals surface area (Å²) in [5, 5.41) is 2.72. The van der Waals surface area contributed by atoms with E-state index in [1.54, 1.807) is 18.2 Å². The predicted octanol–water partition coefficient (Wildman–Crippen LogP) is 3.43. The summed E-state index contributed by atoms with van der Waals surface area (Å²) in [6.07, 6.45) is 1.51. The second-order valence-corrected chi connectivity index (χ2v) is 7.58. The Morgan fingerprint density at radius 1 is 1.06 bits per heavy atom. The Labute approximate surface area is 200 Å². The summed E-state index contributed by atoms with van der Waals surface area (Å²) in [6, 6.07) is 7.68. The number of esters is 1. The maximum absolute atomic E-state index is 12.9. The van der Waals surface area contributed by atoms with Crippen molar-refractivity contribution in [3.63, 3.8) is 0 Å². The zero-order valence-electron chi connectivity index (χ0n) is 18.9. The van der Waals surface area contributed by atoms with Gasteiger partial charge in [0.05, 0.1) is 25.5 Å². The van der Waals surface area contributed by atoms with Crippen molar-refractivity contribution in [1.29, 1.82) is 0 Å². The van der Waals surface area contributed by atoms with Crippen LogP contribution in [0, 0.1) is 0 Å². The van der Waals surface area contributed by atoms with E-state index < -0.39 is 23.4 Å². The number of halogens is 1. The van der Waals surface area contributed by atoms with Crippen molar-refractivity contribution >= 4 is 40.7 Å². The third kappa shape index (κ3) is 4.99. The van der Waals surface area contributed by atoms with Gasteiger partial charge in [0.1, 0.15) is 5.75 Å². The Bertz CT molecular complexity index is 1260. The molecule has 1 N–H and O–H groups in total. The zero-order chi connectivity index (χ0) is 25.0. The number of amides is 1. The van der Waals surface area contributed by atoms with Crippen LogP contribution in [-0.4, -0.2) is 42.6 Å². The summed E-state index contributed by atoms with van der Waals surface area (Å²) in [5.41, 5.74) is 1.29. The number of Topliss-reactive ketones (excluding diaryl/α,β-unsaturated/α-hetero) is 2. The molecule has 1 heterocycles. The zero-order valence-corrected chi connectivity index (χ0v) is 19.6. The molecule has 0 atom stereocenters. The number of nitrogens with one attached hydrogen (secondary N) is 1. The molecule has 0 bridgehead atoms. The Hall–Kier alpha value is -3.98. The molecule has 9 nitrogen and oxygen atoms in total. The number of hydrogen-bond donors (Lipinski definition) is 1. The van der Waals surface area contributed by atoms with E-state index in [1.165, 1.54) is 46.4 Å². The molecule has 1 aliphatic carbocycles. The topological polar surface area (TPSA) is 121 Å². The number of carbonyl (C=O) groups excluding carboxylic acids is 4. The first-order chi connectivity index (χ1) is 16.2. The van der Waals surface area contributed by atoms with Gasteiger partial charge in [0.2, 0.25) is 23.1 Å². The largest absolute Gasteiger partial charge is 0.489 e. The van der Waals surface area contributed by atoms with E-state index in [9.17, 15) is 19.2 Å². The monoisotopic (exact) mass is 484 g/mol. The third-order valence-corrected chi connectivity index (χ3v) is 5.33. The number of hydrogen-bond acceptors (Lipinski definition) is 8. The standard InChI is InChI=1S/C24H21ClN2O7/c1-12-16(20(30)22(33-4)21(32-3)19(12)29)10-14-7-8-15(18(11-14)34-13(2)28)24(31)27-17-6-5-9-26-23(17)25/h5-9,11H,10H2,1-4H3,(H,27,31). The second-order valence-electron chi connectivity index (χ2n) is 7.23. The van der Waals surface area contributed by atoms with E-state index in [0.717, 1.165) is 0 Å². The van der Waals surface area contributed by atoms with E-state index in [1.807, 2.05) is 0 Å². The molecule has 34 heavy (non-hydrogen) atoms. The highest BCUT2D eigenvalue weighted by molar-refractivity contribution is 6.32. The van der Waals surface area contributed by atoms with Crippen LogP contribution in [0.1, 0.15) is 29.8 Å². The maximum Gasteiger partial charge on any atom is 0.308 e. The van der Waals surface area contributed by atoms with E-state index >= 15 is 0 Å². The van der Waals surface area contributed by atoms with Gasteiger partial charge in [-0.3, -0.25) is 19.2 Å². The third-order valence-electron chi connectivity index (χ3n) is 5.03. The summed E-state index contributed by atoms with van der Waals surface area (Å²) in [6.45, 7) is 2.72. The van der Waals surface area contributed by atoms with Gasteiger partial charge in [0.25, 0.3) is 5.91 Å². The summed E-state index contributed by atoms with van der Waals surface area (Å²) in [4.78, 5) is 53.9. The minimum absolute atomic E-state index is 0.0181. The first-order valence-electron chi connectivity index (χ1n) is 10.0. The molecule has 1 aromatic heterocycles. The average molecular weight is 485 g/mol. The average Bonchev–Trinajstić information content (AvgIpc) is 2.80. The minimum Gasteiger partial charge on any atom is -0.489 e. The lowest BCUT2D eigenvalue weighted by molar-refractivity contribution is -0.131. The van der Waals surface area contributed by atoms with Gasteiger partial charge < -0.3 is 19.5 Å². The van der Waals surface area contributed by atoms with Gasteiger partial charge in [-0.15, -0.1) is 0 Å². The normalized spacial score (nSPS) is 13.7. The van der Waals surface area contributed by atoms with Crippen LogP contribution in [0.4, 0.5) is 5.69 Å². The molecule has 0 aliphatic heterocycles. The second kappa shape index (κ2) is 10.3. The SMILES string of the molecule is COC1=C(OC)C(=O)C(Cc2ccc(C(=O)Nc3cccnc3Cl)c(OC(C)=O)c2)=C(C)C1=O. The van der Waals surface area contributed by atoms with Gasteiger partial charge in [-0.05, 0) is 36.8 Å². The van der Waals surface area contributed by atoms with Crippen molar-refractivity contribution in [2.45, 2.75) is 20.3 Å². The highest BCUT2D eigenvalue weighted by Gasteiger charge is 2.34. The number of benzene rings is 1. The van der Waals surface area contributed by atoms with Crippen molar-refractivity contribution < 1.29 is 33.4 Å². The van der Waals surface area contributed by atoms with Crippen LogP contribution in [0.2, 0.25) is 5.15 Å². The van der Waals surface area contributed by atoms with Gasteiger partial charge in [-0.25, -0.2) is 4.98 Å². The summed E-state index contributed by atoms with van der Waals surface area (Å²) >= 11 is 6.00. The number of anilines is 1. The molecule has 0 saturated carbocycles. The number of ketones is 2. The first-order valence-corrected chi connectivity index (χ1v) is 10.4. The van der Waals surface area contributed by atoms with Crippen LogP contribution in [0.3, 0.4) is 0 Å². The lowest BCUT2D eigenvalue weighted by atomic mass is 9.88. The number of pyridine rings is 1. The summed E-state index contributed by atoms with van der Waals surface area (Å²) < 4.78 is 15.4. The highest BCUT2D eigenvalue weighted by Crippen LogP contribution is 2.30. The lowest BCUT2D eigenvalue weighted by Gasteiger charge is -2.20. The molecule has 0 unspecified atom stereocenters.